The lowest BCUT2D eigenvalue weighted by atomic mass is 10.1. The highest BCUT2D eigenvalue weighted by Gasteiger charge is 2.33. The van der Waals surface area contributed by atoms with Gasteiger partial charge < -0.3 is 25.6 Å². The van der Waals surface area contributed by atoms with Gasteiger partial charge in [0.2, 0.25) is 0 Å². The molecule has 1 aliphatic heterocycles. The Morgan fingerprint density at radius 2 is 2.03 bits per heavy atom. The van der Waals surface area contributed by atoms with E-state index in [-0.39, 0.29) is 18.3 Å². The SMILES string of the molecule is NC(O)C(CO)N1CCCn2nc3ccc(OCc4ccccc4F)cc3c2C1=O. The number of fused-ring (bicyclic) bond motifs is 3. The molecule has 9 heteroatoms. The monoisotopic (exact) mass is 414 g/mol. The highest BCUT2D eigenvalue weighted by molar-refractivity contribution is 6.05. The second-order valence-corrected chi connectivity index (χ2v) is 7.22. The second kappa shape index (κ2) is 8.39. The summed E-state index contributed by atoms with van der Waals surface area (Å²) in [6.45, 7) is 0.448. The molecule has 2 atom stereocenters. The summed E-state index contributed by atoms with van der Waals surface area (Å²) < 4.78 is 21.2. The number of aliphatic hydroxyl groups excluding tert-OH is 2. The van der Waals surface area contributed by atoms with E-state index in [0.717, 1.165) is 0 Å². The van der Waals surface area contributed by atoms with E-state index in [0.29, 0.717) is 47.4 Å². The molecule has 0 saturated heterocycles. The smallest absolute Gasteiger partial charge is 0.273 e. The van der Waals surface area contributed by atoms with Gasteiger partial charge in [-0.05, 0) is 30.7 Å². The molecule has 4 N–H and O–H groups in total. The quantitative estimate of drug-likeness (QED) is 0.523. The normalized spacial score (nSPS) is 16.3. The maximum absolute atomic E-state index is 13.8. The number of aryl methyl sites for hydroxylation is 1. The van der Waals surface area contributed by atoms with Crippen molar-refractivity contribution in [2.75, 3.05) is 13.2 Å². The predicted molar refractivity (Wildman–Crippen MR) is 107 cm³/mol. The number of hydrogen-bond donors (Lipinski definition) is 3. The van der Waals surface area contributed by atoms with Gasteiger partial charge in [0.1, 0.15) is 30.1 Å². The van der Waals surface area contributed by atoms with E-state index in [9.17, 15) is 19.4 Å². The fourth-order valence-electron chi connectivity index (χ4n) is 3.70. The summed E-state index contributed by atoms with van der Waals surface area (Å²) in [5.41, 5.74) is 6.95. The van der Waals surface area contributed by atoms with Gasteiger partial charge in [0.05, 0.1) is 18.2 Å². The standard InChI is InChI=1S/C21H23FN4O4/c22-16-5-2-1-4-13(16)12-30-14-6-7-17-15(10-14)19-21(29)25(18(11-27)20(23)28)8-3-9-26(19)24-17/h1-2,4-7,10,18,20,27-28H,3,8-9,11-12,23H2. The summed E-state index contributed by atoms with van der Waals surface area (Å²) in [4.78, 5) is 14.6. The summed E-state index contributed by atoms with van der Waals surface area (Å²) in [6.07, 6.45) is -0.758. The number of carbonyl (C=O) groups is 1. The highest BCUT2D eigenvalue weighted by Crippen LogP contribution is 2.28. The first kappa shape index (κ1) is 20.3. The van der Waals surface area contributed by atoms with Crippen LogP contribution in [0.4, 0.5) is 4.39 Å². The van der Waals surface area contributed by atoms with Crippen LogP contribution in [0.2, 0.25) is 0 Å². The molecule has 2 aromatic carbocycles. The molecule has 0 spiro atoms. The van der Waals surface area contributed by atoms with Crippen LogP contribution < -0.4 is 10.5 Å². The number of aromatic nitrogens is 2. The summed E-state index contributed by atoms with van der Waals surface area (Å²) in [5, 5.41) is 24.5. The highest BCUT2D eigenvalue weighted by atomic mass is 19.1. The molecule has 8 nitrogen and oxygen atoms in total. The van der Waals surface area contributed by atoms with Gasteiger partial charge in [0.25, 0.3) is 5.91 Å². The van der Waals surface area contributed by atoms with E-state index in [2.05, 4.69) is 5.10 Å². The summed E-state index contributed by atoms with van der Waals surface area (Å²) in [6, 6.07) is 10.6. The summed E-state index contributed by atoms with van der Waals surface area (Å²) >= 11 is 0. The Labute approximate surface area is 172 Å². The van der Waals surface area contributed by atoms with Gasteiger partial charge in [-0.3, -0.25) is 9.48 Å². The van der Waals surface area contributed by atoms with Gasteiger partial charge in [0, 0.05) is 24.0 Å². The Morgan fingerprint density at radius 3 is 2.77 bits per heavy atom. The Hall–Kier alpha value is -3.01. The molecule has 1 aromatic heterocycles. The first-order valence-corrected chi connectivity index (χ1v) is 9.72. The molecular formula is C21H23FN4O4. The van der Waals surface area contributed by atoms with Gasteiger partial charge >= 0.3 is 0 Å². The molecule has 0 fully saturated rings. The minimum Gasteiger partial charge on any atom is -0.489 e. The average Bonchev–Trinajstić information content (AvgIpc) is 3.01. The minimum atomic E-state index is -1.36. The first-order valence-electron chi connectivity index (χ1n) is 9.72. The van der Waals surface area contributed by atoms with Crippen LogP contribution in [0.5, 0.6) is 5.75 Å². The van der Waals surface area contributed by atoms with Gasteiger partial charge in [-0.15, -0.1) is 0 Å². The van der Waals surface area contributed by atoms with Crippen LogP contribution in [0, 0.1) is 5.82 Å². The number of halogens is 1. The lowest BCUT2D eigenvalue weighted by molar-refractivity contribution is 0.0177. The van der Waals surface area contributed by atoms with Crippen molar-refractivity contribution in [2.24, 2.45) is 5.73 Å². The first-order chi connectivity index (χ1) is 14.5. The summed E-state index contributed by atoms with van der Waals surface area (Å²) in [7, 11) is 0. The lowest BCUT2D eigenvalue weighted by Crippen LogP contribution is -2.52. The lowest BCUT2D eigenvalue weighted by Gasteiger charge is -2.30. The molecule has 30 heavy (non-hydrogen) atoms. The van der Waals surface area contributed by atoms with E-state index >= 15 is 0 Å². The molecule has 4 rings (SSSR count). The maximum atomic E-state index is 13.8. The molecule has 0 bridgehead atoms. The molecule has 0 saturated carbocycles. The van der Waals surface area contributed by atoms with Crippen LogP contribution in [-0.4, -0.2) is 56.2 Å². The molecule has 0 radical (unpaired) electrons. The topological polar surface area (TPSA) is 114 Å². The van der Waals surface area contributed by atoms with E-state index < -0.39 is 18.9 Å². The number of ether oxygens (including phenoxy) is 1. The molecule has 158 valence electrons. The minimum absolute atomic E-state index is 0.0493. The van der Waals surface area contributed by atoms with E-state index in [4.69, 9.17) is 10.5 Å². The zero-order valence-corrected chi connectivity index (χ0v) is 16.2. The number of aliphatic hydroxyl groups is 2. The van der Waals surface area contributed by atoms with Gasteiger partial charge in [-0.25, -0.2) is 4.39 Å². The molecule has 1 amide bonds. The third kappa shape index (κ3) is 3.74. The maximum Gasteiger partial charge on any atom is 0.273 e. The Balaban J connectivity index is 1.66. The Bertz CT molecular complexity index is 1070. The van der Waals surface area contributed by atoms with Gasteiger partial charge in [-0.1, -0.05) is 18.2 Å². The number of nitrogens with two attached hydrogens (primary N) is 1. The van der Waals surface area contributed by atoms with Crippen LogP contribution in [0.15, 0.2) is 42.5 Å². The number of nitrogens with zero attached hydrogens (tertiary/aromatic N) is 3. The number of carbonyl (C=O) groups excluding carboxylic acids is 1. The largest absolute Gasteiger partial charge is 0.489 e. The fraction of sp³-hybridized carbons (Fsp3) is 0.333. The fourth-order valence-corrected chi connectivity index (χ4v) is 3.70. The van der Waals surface area contributed by atoms with Crippen molar-refractivity contribution in [1.29, 1.82) is 0 Å². The zero-order valence-electron chi connectivity index (χ0n) is 16.2. The molecule has 0 aliphatic carbocycles. The molecule has 3 aromatic rings. The number of benzene rings is 2. The number of hydrogen-bond acceptors (Lipinski definition) is 6. The van der Waals surface area contributed by atoms with Crippen molar-refractivity contribution >= 4 is 16.8 Å². The van der Waals surface area contributed by atoms with Crippen molar-refractivity contribution < 1.29 is 24.1 Å². The van der Waals surface area contributed by atoms with Gasteiger partial charge in [0.15, 0.2) is 0 Å². The average molecular weight is 414 g/mol. The van der Waals surface area contributed by atoms with Crippen LogP contribution >= 0.6 is 0 Å². The third-order valence-corrected chi connectivity index (χ3v) is 5.28. The van der Waals surface area contributed by atoms with Crippen LogP contribution in [0.25, 0.3) is 10.9 Å². The van der Waals surface area contributed by atoms with E-state index in [1.165, 1.54) is 11.0 Å². The molecule has 2 unspecified atom stereocenters. The molecular weight excluding hydrogens is 391 g/mol. The van der Waals surface area contributed by atoms with Crippen molar-refractivity contribution in [3.63, 3.8) is 0 Å². The van der Waals surface area contributed by atoms with E-state index in [1.54, 1.807) is 41.1 Å². The Kier molecular flexibility index (Phi) is 5.67. The van der Waals surface area contributed by atoms with Crippen LogP contribution in [0.1, 0.15) is 22.5 Å². The van der Waals surface area contributed by atoms with Crippen molar-refractivity contribution in [3.05, 3.63) is 59.5 Å². The number of amides is 1. The Morgan fingerprint density at radius 1 is 1.23 bits per heavy atom. The molecule has 1 aliphatic rings. The van der Waals surface area contributed by atoms with Gasteiger partial charge in [-0.2, -0.15) is 5.10 Å². The predicted octanol–water partition coefficient (Wildman–Crippen LogP) is 1.24. The molecule has 2 heterocycles. The second-order valence-electron chi connectivity index (χ2n) is 7.22. The van der Waals surface area contributed by atoms with Crippen molar-refractivity contribution in [1.82, 2.24) is 14.7 Å². The van der Waals surface area contributed by atoms with Crippen molar-refractivity contribution in [2.45, 2.75) is 31.8 Å². The van der Waals surface area contributed by atoms with E-state index in [1.807, 2.05) is 0 Å². The number of rotatable bonds is 6. The zero-order chi connectivity index (χ0) is 21.3. The third-order valence-electron chi connectivity index (χ3n) is 5.28. The van der Waals surface area contributed by atoms with Crippen LogP contribution in [-0.2, 0) is 13.2 Å². The summed E-state index contributed by atoms with van der Waals surface area (Å²) in [5.74, 6) is -0.244. The van der Waals surface area contributed by atoms with Crippen molar-refractivity contribution in [3.8, 4) is 5.75 Å². The van der Waals surface area contributed by atoms with Crippen LogP contribution in [0.3, 0.4) is 0 Å².